The number of methoxy groups -OCH3 is 1. The van der Waals surface area contributed by atoms with Gasteiger partial charge in [-0.2, -0.15) is 0 Å². The first-order valence-electron chi connectivity index (χ1n) is 10.2. The molecule has 0 fully saturated rings. The van der Waals surface area contributed by atoms with Crippen molar-refractivity contribution in [2.24, 2.45) is 0 Å². The molecule has 0 unspecified atom stereocenters. The van der Waals surface area contributed by atoms with Crippen LogP contribution in [0.2, 0.25) is 0 Å². The van der Waals surface area contributed by atoms with E-state index < -0.39 is 6.09 Å². The number of hydrogen-bond acceptors (Lipinski definition) is 5. The second kappa shape index (κ2) is 11.2. The van der Waals surface area contributed by atoms with Crippen LogP contribution in [0.25, 0.3) is 0 Å². The number of carbonyl (C=O) groups excluding carboxylic acids is 3. The second-order valence-electron chi connectivity index (χ2n) is 7.23. The molecule has 2 N–H and O–H groups in total. The van der Waals surface area contributed by atoms with Crippen molar-refractivity contribution in [1.29, 1.82) is 0 Å². The van der Waals surface area contributed by atoms with E-state index in [4.69, 9.17) is 4.74 Å². The smallest absolute Gasteiger partial charge is 0.413 e. The highest BCUT2D eigenvalue weighted by atomic mass is 32.2. The Hall–Kier alpha value is -3.78. The molecule has 0 saturated heterocycles. The van der Waals surface area contributed by atoms with E-state index in [0.717, 1.165) is 11.3 Å². The fraction of sp³-hybridized carbons (Fsp3) is 0.160. The first-order chi connectivity index (χ1) is 15.9. The molecule has 3 amide bonds. The lowest BCUT2D eigenvalue weighted by atomic mass is 10.2. The zero-order valence-corrected chi connectivity index (χ0v) is 19.4. The molecule has 0 radical (unpaired) electrons. The Bertz CT molecular complexity index is 1130. The Morgan fingerprint density at radius 3 is 2.15 bits per heavy atom. The number of rotatable bonds is 7. The Morgan fingerprint density at radius 1 is 0.879 bits per heavy atom. The average molecular weight is 464 g/mol. The number of hydrogen-bond donors (Lipinski definition) is 2. The highest BCUT2D eigenvalue weighted by Crippen LogP contribution is 2.25. The van der Waals surface area contributed by atoms with Crippen LogP contribution in [-0.2, 0) is 9.53 Å². The van der Waals surface area contributed by atoms with Gasteiger partial charge in [-0.1, -0.05) is 29.8 Å². The normalized spacial score (nSPS) is 10.3. The fourth-order valence-electron chi connectivity index (χ4n) is 2.97. The van der Waals surface area contributed by atoms with Gasteiger partial charge in [0.25, 0.3) is 5.91 Å². The fourth-order valence-corrected chi connectivity index (χ4v) is 3.82. The lowest BCUT2D eigenvalue weighted by Gasteiger charge is -2.16. The van der Waals surface area contributed by atoms with Gasteiger partial charge in [-0.3, -0.25) is 14.5 Å². The lowest BCUT2D eigenvalue weighted by Crippen LogP contribution is -2.25. The number of carbonyl (C=O) groups is 3. The number of amides is 3. The van der Waals surface area contributed by atoms with Crippen molar-refractivity contribution in [2.45, 2.75) is 11.8 Å². The molecule has 7 nitrogen and oxygen atoms in total. The van der Waals surface area contributed by atoms with E-state index in [9.17, 15) is 14.4 Å². The average Bonchev–Trinajstić information content (AvgIpc) is 2.84. The molecule has 0 spiro atoms. The van der Waals surface area contributed by atoms with Crippen LogP contribution in [0, 0.1) is 6.92 Å². The summed E-state index contributed by atoms with van der Waals surface area (Å²) in [6.07, 6.45) is -0.482. The van der Waals surface area contributed by atoms with Crippen LogP contribution in [0.3, 0.4) is 0 Å². The first kappa shape index (κ1) is 23.9. The van der Waals surface area contributed by atoms with Gasteiger partial charge >= 0.3 is 6.09 Å². The topological polar surface area (TPSA) is 87.7 Å². The summed E-state index contributed by atoms with van der Waals surface area (Å²) in [6.45, 7) is 1.98. The van der Waals surface area contributed by atoms with Crippen molar-refractivity contribution in [3.8, 4) is 0 Å². The zero-order valence-electron chi connectivity index (χ0n) is 18.6. The predicted molar refractivity (Wildman–Crippen MR) is 132 cm³/mol. The molecule has 3 rings (SSSR count). The van der Waals surface area contributed by atoms with Gasteiger partial charge in [0.15, 0.2) is 0 Å². The van der Waals surface area contributed by atoms with E-state index >= 15 is 0 Å². The Morgan fingerprint density at radius 2 is 1.48 bits per heavy atom. The van der Waals surface area contributed by atoms with Gasteiger partial charge in [0.1, 0.15) is 0 Å². The molecule has 0 aliphatic rings. The summed E-state index contributed by atoms with van der Waals surface area (Å²) in [4.78, 5) is 38.9. The minimum Gasteiger partial charge on any atom is -0.452 e. The highest BCUT2D eigenvalue weighted by molar-refractivity contribution is 8.00. The summed E-state index contributed by atoms with van der Waals surface area (Å²) >= 11 is 1.30. The molecule has 8 heteroatoms. The van der Waals surface area contributed by atoms with E-state index in [1.807, 2.05) is 43.3 Å². The van der Waals surface area contributed by atoms with Crippen molar-refractivity contribution < 1.29 is 19.1 Å². The Balaban J connectivity index is 1.62. The summed E-state index contributed by atoms with van der Waals surface area (Å²) in [7, 11) is 2.91. The summed E-state index contributed by atoms with van der Waals surface area (Å²) < 4.78 is 4.70. The van der Waals surface area contributed by atoms with E-state index in [2.05, 4.69) is 10.6 Å². The SMILES string of the molecule is COC(=O)N(C)c1ccc(NC(=O)c2ccccc2SCC(=O)Nc2ccc(C)cc2)cc1. The van der Waals surface area contributed by atoms with Gasteiger partial charge in [-0.05, 0) is 55.5 Å². The molecule has 0 saturated carbocycles. The van der Waals surface area contributed by atoms with Gasteiger partial charge in [0.05, 0.1) is 18.4 Å². The zero-order chi connectivity index (χ0) is 23.8. The molecule has 0 bridgehead atoms. The van der Waals surface area contributed by atoms with Crippen LogP contribution in [0.15, 0.2) is 77.7 Å². The molecule has 0 atom stereocenters. The third kappa shape index (κ3) is 6.60. The minimum atomic E-state index is -0.482. The van der Waals surface area contributed by atoms with E-state index in [1.54, 1.807) is 43.4 Å². The maximum Gasteiger partial charge on any atom is 0.413 e. The quantitative estimate of drug-likeness (QED) is 0.472. The van der Waals surface area contributed by atoms with Crippen molar-refractivity contribution in [1.82, 2.24) is 0 Å². The maximum atomic E-state index is 12.9. The van der Waals surface area contributed by atoms with Gasteiger partial charge in [-0.25, -0.2) is 4.79 Å². The van der Waals surface area contributed by atoms with Crippen LogP contribution in [-0.4, -0.2) is 37.8 Å². The van der Waals surface area contributed by atoms with E-state index in [0.29, 0.717) is 21.8 Å². The maximum absolute atomic E-state index is 12.9. The third-order valence-electron chi connectivity index (χ3n) is 4.79. The monoisotopic (exact) mass is 463 g/mol. The molecule has 3 aromatic rings. The van der Waals surface area contributed by atoms with Crippen molar-refractivity contribution in [2.75, 3.05) is 35.4 Å². The number of nitrogens with zero attached hydrogens (tertiary/aromatic N) is 1. The van der Waals surface area contributed by atoms with E-state index in [-0.39, 0.29) is 17.6 Å². The largest absolute Gasteiger partial charge is 0.452 e. The summed E-state index contributed by atoms with van der Waals surface area (Å²) in [5, 5.41) is 5.71. The predicted octanol–water partition coefficient (Wildman–Crippen LogP) is 5.18. The molecule has 0 heterocycles. The highest BCUT2D eigenvalue weighted by Gasteiger charge is 2.14. The number of nitrogens with one attached hydrogen (secondary N) is 2. The Kier molecular flexibility index (Phi) is 8.10. The summed E-state index contributed by atoms with van der Waals surface area (Å²) in [5.74, 6) is -0.261. The molecule has 0 aromatic heterocycles. The number of anilines is 3. The van der Waals surface area contributed by atoms with Gasteiger partial charge < -0.3 is 15.4 Å². The third-order valence-corrected chi connectivity index (χ3v) is 5.86. The first-order valence-corrected chi connectivity index (χ1v) is 11.2. The molecule has 170 valence electrons. The molecule has 33 heavy (non-hydrogen) atoms. The van der Waals surface area contributed by atoms with Crippen LogP contribution in [0.4, 0.5) is 21.9 Å². The standard InChI is InChI=1S/C25H25N3O4S/c1-17-8-10-18(11-9-17)26-23(29)16-33-22-7-5-4-6-21(22)24(30)27-19-12-14-20(15-13-19)28(2)25(31)32-3/h4-15H,16H2,1-3H3,(H,26,29)(H,27,30). The molecule has 3 aromatic carbocycles. The van der Waals surface area contributed by atoms with Crippen molar-refractivity contribution in [3.63, 3.8) is 0 Å². The molecule has 0 aliphatic carbocycles. The van der Waals surface area contributed by atoms with Crippen LogP contribution >= 0.6 is 11.8 Å². The van der Waals surface area contributed by atoms with Crippen LogP contribution in [0.5, 0.6) is 0 Å². The number of aryl methyl sites for hydroxylation is 1. The number of thioether (sulfide) groups is 1. The minimum absolute atomic E-state index is 0.149. The van der Waals surface area contributed by atoms with Crippen molar-refractivity contribution >= 4 is 46.7 Å². The van der Waals surface area contributed by atoms with Crippen LogP contribution in [0.1, 0.15) is 15.9 Å². The van der Waals surface area contributed by atoms with Crippen LogP contribution < -0.4 is 15.5 Å². The molecule has 0 aliphatic heterocycles. The number of benzene rings is 3. The van der Waals surface area contributed by atoms with Gasteiger partial charge in [-0.15, -0.1) is 11.8 Å². The van der Waals surface area contributed by atoms with Gasteiger partial charge in [0.2, 0.25) is 5.91 Å². The van der Waals surface area contributed by atoms with E-state index in [1.165, 1.54) is 23.8 Å². The summed E-state index contributed by atoms with van der Waals surface area (Å²) in [6, 6.07) is 21.5. The van der Waals surface area contributed by atoms with Crippen molar-refractivity contribution in [3.05, 3.63) is 83.9 Å². The lowest BCUT2D eigenvalue weighted by molar-refractivity contribution is -0.113. The second-order valence-corrected chi connectivity index (χ2v) is 8.25. The Labute approximate surface area is 197 Å². The number of ether oxygens (including phenoxy) is 1. The van der Waals surface area contributed by atoms with Gasteiger partial charge in [0, 0.05) is 29.0 Å². The summed E-state index contributed by atoms with van der Waals surface area (Å²) in [5.41, 5.74) is 3.54. The molecular weight excluding hydrogens is 438 g/mol. The molecular formula is C25H25N3O4S.